The Morgan fingerprint density at radius 1 is 1.38 bits per heavy atom. The van der Waals surface area contributed by atoms with Crippen LogP contribution in [0.3, 0.4) is 0 Å². The summed E-state index contributed by atoms with van der Waals surface area (Å²) in [5.41, 5.74) is 2.84. The van der Waals surface area contributed by atoms with Crippen molar-refractivity contribution in [3.05, 3.63) is 0 Å². The summed E-state index contributed by atoms with van der Waals surface area (Å²) in [5.74, 6) is 0.620. The smallest absolute Gasteiger partial charge is 0.109 e. The van der Waals surface area contributed by atoms with E-state index in [-0.39, 0.29) is 0 Å². The third kappa shape index (κ3) is 0.555. The van der Waals surface area contributed by atoms with Crippen LogP contribution in [-0.2, 0) is 9.57 Å². The molecule has 2 saturated heterocycles. The largest absolute Gasteiger partial charge is 0.378 e. The van der Waals surface area contributed by atoms with Crippen LogP contribution >= 0.6 is 0 Å². The summed E-state index contributed by atoms with van der Waals surface area (Å²) in [5, 5.41) is 0. The van der Waals surface area contributed by atoms with Gasteiger partial charge in [0.2, 0.25) is 0 Å². The minimum Gasteiger partial charge on any atom is -0.378 e. The SMILES string of the molecule is C1NO[C@@H]2COC[C@H]12. The molecule has 2 fully saturated rings. The van der Waals surface area contributed by atoms with Crippen LogP contribution in [0.4, 0.5) is 0 Å². The zero-order chi connectivity index (χ0) is 5.40. The zero-order valence-corrected chi connectivity index (χ0v) is 4.59. The van der Waals surface area contributed by atoms with Crippen LogP contribution in [0.5, 0.6) is 0 Å². The molecule has 2 atom stereocenters. The highest BCUT2D eigenvalue weighted by Crippen LogP contribution is 2.19. The van der Waals surface area contributed by atoms with Crippen LogP contribution in [0.15, 0.2) is 0 Å². The normalized spacial score (nSPS) is 45.0. The van der Waals surface area contributed by atoms with Crippen molar-refractivity contribution >= 4 is 0 Å². The molecule has 0 aliphatic carbocycles. The topological polar surface area (TPSA) is 30.5 Å². The van der Waals surface area contributed by atoms with Gasteiger partial charge in [0.1, 0.15) is 6.10 Å². The lowest BCUT2D eigenvalue weighted by atomic mass is 10.1. The fraction of sp³-hybridized carbons (Fsp3) is 1.00. The summed E-state index contributed by atoms with van der Waals surface area (Å²) < 4.78 is 5.15. The Balaban J connectivity index is 2.04. The Hall–Kier alpha value is -0.120. The molecule has 1 N–H and O–H groups in total. The maximum absolute atomic E-state index is 5.15. The molecule has 3 nitrogen and oxygen atoms in total. The Kier molecular flexibility index (Phi) is 0.997. The van der Waals surface area contributed by atoms with Crippen molar-refractivity contribution in [3.63, 3.8) is 0 Å². The third-order valence-electron chi connectivity index (χ3n) is 1.72. The number of hydrogen-bond donors (Lipinski definition) is 1. The molecule has 8 heavy (non-hydrogen) atoms. The summed E-state index contributed by atoms with van der Waals surface area (Å²) in [6.07, 6.45) is 0.343. The van der Waals surface area contributed by atoms with E-state index in [4.69, 9.17) is 9.57 Å². The molecule has 0 aromatic carbocycles. The first-order valence-corrected chi connectivity index (χ1v) is 2.93. The van der Waals surface area contributed by atoms with Gasteiger partial charge in [0.15, 0.2) is 0 Å². The molecule has 0 spiro atoms. The number of hydrogen-bond acceptors (Lipinski definition) is 3. The second-order valence-electron chi connectivity index (χ2n) is 2.30. The van der Waals surface area contributed by atoms with Crippen LogP contribution in [0.25, 0.3) is 0 Å². The first kappa shape index (κ1) is 4.73. The average molecular weight is 115 g/mol. The van der Waals surface area contributed by atoms with Gasteiger partial charge in [-0.05, 0) is 0 Å². The quantitative estimate of drug-likeness (QED) is 0.463. The predicted molar refractivity (Wildman–Crippen MR) is 27.2 cm³/mol. The van der Waals surface area contributed by atoms with Gasteiger partial charge in [0.25, 0.3) is 0 Å². The van der Waals surface area contributed by atoms with E-state index in [1.807, 2.05) is 0 Å². The minimum absolute atomic E-state index is 0.343. The van der Waals surface area contributed by atoms with Gasteiger partial charge in [0.05, 0.1) is 13.2 Å². The molecule has 46 valence electrons. The van der Waals surface area contributed by atoms with Crippen molar-refractivity contribution in [3.8, 4) is 0 Å². The van der Waals surface area contributed by atoms with Gasteiger partial charge in [0, 0.05) is 12.5 Å². The van der Waals surface area contributed by atoms with Gasteiger partial charge in [-0.1, -0.05) is 0 Å². The van der Waals surface area contributed by atoms with Crippen LogP contribution in [0.2, 0.25) is 0 Å². The summed E-state index contributed by atoms with van der Waals surface area (Å²) in [6, 6.07) is 0. The summed E-state index contributed by atoms with van der Waals surface area (Å²) in [7, 11) is 0. The Labute approximate surface area is 47.9 Å². The number of nitrogens with one attached hydrogen (secondary N) is 1. The standard InChI is InChI=1S/C5H9NO2/c1-4-2-7-3-5(4)8-6-1/h4-6H,1-3H2/t4-,5+/m0/s1. The van der Waals surface area contributed by atoms with Crippen molar-refractivity contribution in [2.24, 2.45) is 5.92 Å². The van der Waals surface area contributed by atoms with Gasteiger partial charge in [-0.2, -0.15) is 0 Å². The zero-order valence-electron chi connectivity index (χ0n) is 4.59. The van der Waals surface area contributed by atoms with E-state index in [9.17, 15) is 0 Å². The van der Waals surface area contributed by atoms with E-state index in [1.54, 1.807) is 0 Å². The van der Waals surface area contributed by atoms with Crippen molar-refractivity contribution in [2.45, 2.75) is 6.10 Å². The first-order valence-electron chi connectivity index (χ1n) is 2.93. The van der Waals surface area contributed by atoms with E-state index in [1.165, 1.54) is 0 Å². The predicted octanol–water partition coefficient (Wildman–Crippen LogP) is -0.464. The maximum atomic E-state index is 5.15. The molecular weight excluding hydrogens is 106 g/mol. The highest BCUT2D eigenvalue weighted by molar-refractivity contribution is 4.79. The number of rotatable bonds is 0. The lowest BCUT2D eigenvalue weighted by molar-refractivity contribution is 0.0109. The highest BCUT2D eigenvalue weighted by atomic mass is 16.7. The molecule has 0 unspecified atom stereocenters. The minimum atomic E-state index is 0.343. The van der Waals surface area contributed by atoms with Crippen LogP contribution in [-0.4, -0.2) is 25.9 Å². The summed E-state index contributed by atoms with van der Waals surface area (Å²) >= 11 is 0. The van der Waals surface area contributed by atoms with E-state index in [0.29, 0.717) is 12.0 Å². The molecule has 3 heteroatoms. The number of fused-ring (bicyclic) bond motifs is 1. The molecule has 0 saturated carbocycles. The molecule has 0 aromatic heterocycles. The van der Waals surface area contributed by atoms with E-state index in [2.05, 4.69) is 5.48 Å². The monoisotopic (exact) mass is 115 g/mol. The lowest BCUT2D eigenvalue weighted by Crippen LogP contribution is -2.13. The molecule has 2 rings (SSSR count). The molecular formula is C5H9NO2. The highest BCUT2D eigenvalue weighted by Gasteiger charge is 2.33. The molecule has 0 amide bonds. The molecule has 2 aliphatic rings. The first-order chi connectivity index (χ1) is 3.97. The van der Waals surface area contributed by atoms with Gasteiger partial charge < -0.3 is 4.74 Å². The Morgan fingerprint density at radius 3 is 3.25 bits per heavy atom. The second kappa shape index (κ2) is 1.69. The number of hydroxylamine groups is 1. The van der Waals surface area contributed by atoms with Gasteiger partial charge in [-0.3, -0.25) is 4.84 Å². The van der Waals surface area contributed by atoms with Gasteiger partial charge >= 0.3 is 0 Å². The van der Waals surface area contributed by atoms with Crippen LogP contribution in [0, 0.1) is 5.92 Å². The van der Waals surface area contributed by atoms with Crippen LogP contribution in [0.1, 0.15) is 0 Å². The maximum Gasteiger partial charge on any atom is 0.109 e. The van der Waals surface area contributed by atoms with Crippen molar-refractivity contribution < 1.29 is 9.57 Å². The summed E-state index contributed by atoms with van der Waals surface area (Å²) in [6.45, 7) is 2.61. The van der Waals surface area contributed by atoms with E-state index in [0.717, 1.165) is 19.8 Å². The Morgan fingerprint density at radius 2 is 2.38 bits per heavy atom. The molecule has 2 heterocycles. The van der Waals surface area contributed by atoms with Gasteiger partial charge in [-0.25, -0.2) is 5.48 Å². The fourth-order valence-electron chi connectivity index (χ4n) is 1.16. The number of ether oxygens (including phenoxy) is 1. The average Bonchev–Trinajstić information content (AvgIpc) is 2.15. The van der Waals surface area contributed by atoms with Gasteiger partial charge in [-0.15, -0.1) is 0 Å². The fourth-order valence-corrected chi connectivity index (χ4v) is 1.16. The molecule has 0 radical (unpaired) electrons. The summed E-state index contributed by atoms with van der Waals surface area (Å²) in [4.78, 5) is 5.10. The molecule has 2 aliphatic heterocycles. The molecule has 0 aromatic rings. The Bertz CT molecular complexity index is 76.4. The van der Waals surface area contributed by atoms with Crippen molar-refractivity contribution in [2.75, 3.05) is 19.8 Å². The third-order valence-corrected chi connectivity index (χ3v) is 1.72. The van der Waals surface area contributed by atoms with E-state index < -0.39 is 0 Å². The van der Waals surface area contributed by atoms with Crippen LogP contribution < -0.4 is 5.48 Å². The lowest BCUT2D eigenvalue weighted by Gasteiger charge is -1.98. The van der Waals surface area contributed by atoms with E-state index >= 15 is 0 Å². The molecule has 0 bridgehead atoms. The second-order valence-corrected chi connectivity index (χ2v) is 2.30. The van der Waals surface area contributed by atoms with Crippen molar-refractivity contribution in [1.29, 1.82) is 0 Å². The van der Waals surface area contributed by atoms with Crippen molar-refractivity contribution in [1.82, 2.24) is 5.48 Å².